The van der Waals surface area contributed by atoms with Gasteiger partial charge in [0.25, 0.3) is 0 Å². The number of ether oxygens (including phenoxy) is 5. The maximum absolute atomic E-state index is 14.6. The van der Waals surface area contributed by atoms with E-state index in [4.69, 9.17) is 23.7 Å². The number of piperidine rings is 4. The van der Waals surface area contributed by atoms with Crippen LogP contribution < -0.4 is 5.32 Å². The van der Waals surface area contributed by atoms with Gasteiger partial charge in [0.1, 0.15) is 50.2 Å². The number of alkyl halides is 3. The first kappa shape index (κ1) is 74.3. The molecule has 21 heteroatoms. The van der Waals surface area contributed by atoms with E-state index in [1.807, 2.05) is 121 Å². The molecule has 0 aromatic heterocycles. The lowest BCUT2D eigenvalue weighted by Crippen LogP contribution is -2.54. The van der Waals surface area contributed by atoms with Crippen LogP contribution in [0.4, 0.5) is 37.1 Å². The first-order chi connectivity index (χ1) is 38.3. The molecule has 0 saturated carbocycles. The second kappa shape index (κ2) is 38.2. The predicted octanol–water partition coefficient (Wildman–Crippen LogP) is 12.0. The van der Waals surface area contributed by atoms with Crippen LogP contribution in [0.25, 0.3) is 0 Å². The molecule has 4 saturated heterocycles. The van der Waals surface area contributed by atoms with Crippen LogP contribution in [0.3, 0.4) is 0 Å². The summed E-state index contributed by atoms with van der Waals surface area (Å²) in [7, 11) is 3.26. The van der Waals surface area contributed by atoms with E-state index in [1.165, 1.54) is 26.6 Å². The van der Waals surface area contributed by atoms with Crippen LogP contribution in [0.5, 0.6) is 0 Å². The first-order valence-corrected chi connectivity index (χ1v) is 26.7. The summed E-state index contributed by atoms with van der Waals surface area (Å²) in [5.41, 5.74) is 3.00. The van der Waals surface area contributed by atoms with Gasteiger partial charge in [-0.3, -0.25) is 9.59 Å². The maximum atomic E-state index is 14.6. The van der Waals surface area contributed by atoms with Crippen LogP contribution >= 0.6 is 0 Å². The van der Waals surface area contributed by atoms with Crippen LogP contribution in [-0.2, 0) is 59.7 Å². The number of likely N-dealkylation sites (tertiary alicyclic amines) is 4. The summed E-state index contributed by atoms with van der Waals surface area (Å²) in [6, 6.07) is 36.8. The molecular formula is C63H91F3N6O12. The van der Waals surface area contributed by atoms with Crippen LogP contribution in [-0.4, -0.2) is 169 Å². The summed E-state index contributed by atoms with van der Waals surface area (Å²) in [6.45, 7) is 7.92. The normalized spacial score (nSPS) is 19.0. The number of benzene rings is 4. The van der Waals surface area contributed by atoms with E-state index in [9.17, 15) is 46.7 Å². The first-order valence-electron chi connectivity index (χ1n) is 26.7. The summed E-state index contributed by atoms with van der Waals surface area (Å²) in [5, 5.41) is 2.92. The Balaban J connectivity index is 0.000000558. The highest BCUT2D eigenvalue weighted by molar-refractivity contribution is 5.85. The van der Waals surface area contributed by atoms with Crippen molar-refractivity contribution in [3.05, 3.63) is 144 Å². The molecule has 4 aromatic rings. The second-order valence-corrected chi connectivity index (χ2v) is 20.4. The molecule has 0 aliphatic carbocycles. The third-order valence-corrected chi connectivity index (χ3v) is 13.1. The minimum absolute atomic E-state index is 0. The van der Waals surface area contributed by atoms with Crippen LogP contribution in [0.15, 0.2) is 121 Å². The summed E-state index contributed by atoms with van der Waals surface area (Å²) in [5.74, 6) is -0.223. The number of rotatable bonds is 10. The Morgan fingerprint density at radius 1 is 0.512 bits per heavy atom. The van der Waals surface area contributed by atoms with Gasteiger partial charge in [0, 0.05) is 65.1 Å². The van der Waals surface area contributed by atoms with E-state index in [2.05, 4.69) is 5.32 Å². The van der Waals surface area contributed by atoms with Crippen LogP contribution in [0.2, 0.25) is 0 Å². The number of carbonyl (C=O) groups is 7. The largest absolute Gasteiger partial charge is 0.445 e. The Morgan fingerprint density at radius 3 is 1.20 bits per heavy atom. The molecule has 0 spiro atoms. The van der Waals surface area contributed by atoms with Crippen molar-refractivity contribution in [2.24, 2.45) is 0 Å². The molecule has 4 aliphatic heterocycles. The SMILES string of the molecule is C.C.C.C.CN(C(=O)OC(C)(C)C)[C@H]1CCN(C(=O)OCc2ccccc2)C[C@H]1F.CNC1CCN(C(=O)OCc2ccccc2)CC1F.O=C1CCN(C(=O)OCc2ccccc2)CC1.O=C1CCN(C(=O)OCc2ccccc2)CC1F. The maximum Gasteiger partial charge on any atom is 0.410 e. The molecule has 0 radical (unpaired) electrons. The molecule has 4 fully saturated rings. The van der Waals surface area contributed by atoms with Gasteiger partial charge < -0.3 is 53.5 Å². The monoisotopic (exact) mass is 1180 g/mol. The van der Waals surface area contributed by atoms with Crippen molar-refractivity contribution in [3.8, 4) is 0 Å². The van der Waals surface area contributed by atoms with Crippen molar-refractivity contribution in [1.29, 1.82) is 0 Å². The molecule has 4 aromatic carbocycles. The molecule has 4 heterocycles. The predicted molar refractivity (Wildman–Crippen MR) is 318 cm³/mol. The standard InChI is InChI=1S/C19H27FN2O4.C14H19FN2O2.C13H14FNO3.C13H15NO3.4CH4/c1-19(2,3)26-17(23)21(4)16-10-11-22(12-15(16)20)18(24)25-13-14-8-6-5-7-9-14;1-16-13-7-8-17(9-12(13)15)14(18)19-10-11-5-3-2-4-6-11;14-11-8-15(7-6-12(11)16)13(17)18-9-10-4-2-1-3-5-10;15-12-6-8-14(9-7-12)13(16)17-10-11-4-2-1-3-5-11;;;;/h5-9,15-16H,10-13H2,1-4H3;2-6,12-13,16H,7-10H2,1H3;1-5,11H,6-9H2;1-5H,6-10H2;4*1H4/t15-,16+;;;;;;;/m1......./s1. The Kier molecular flexibility index (Phi) is 33.8. The summed E-state index contributed by atoms with van der Waals surface area (Å²) >= 11 is 0. The van der Waals surface area contributed by atoms with Gasteiger partial charge in [-0.2, -0.15) is 0 Å². The molecule has 5 atom stereocenters. The van der Waals surface area contributed by atoms with E-state index in [0.29, 0.717) is 51.9 Å². The van der Waals surface area contributed by atoms with Gasteiger partial charge in [-0.25, -0.2) is 37.1 Å². The number of halogens is 3. The lowest BCUT2D eigenvalue weighted by molar-refractivity contribution is -0.127. The van der Waals surface area contributed by atoms with Gasteiger partial charge in [0.2, 0.25) is 0 Å². The third kappa shape index (κ3) is 25.9. The van der Waals surface area contributed by atoms with E-state index in [1.54, 1.807) is 32.7 Å². The average Bonchev–Trinajstić information content (AvgIpc) is 3.59. The summed E-state index contributed by atoms with van der Waals surface area (Å²) in [6.07, 6.45) is -4.55. The molecule has 8 rings (SSSR count). The number of nitrogens with one attached hydrogen (secondary N) is 1. The van der Waals surface area contributed by atoms with Crippen molar-refractivity contribution < 1.29 is 70.4 Å². The van der Waals surface area contributed by atoms with E-state index in [0.717, 1.165) is 22.3 Å². The quantitative estimate of drug-likeness (QED) is 0.148. The second-order valence-electron chi connectivity index (χ2n) is 20.4. The number of hydrogen-bond acceptors (Lipinski definition) is 13. The number of carbonyl (C=O) groups excluding carboxylic acids is 7. The van der Waals surface area contributed by atoms with Crippen LogP contribution in [0, 0.1) is 0 Å². The lowest BCUT2D eigenvalue weighted by atomic mass is 10.0. The zero-order valence-electron chi connectivity index (χ0n) is 46.2. The van der Waals surface area contributed by atoms with Gasteiger partial charge in [-0.05, 0) is 62.9 Å². The number of hydrogen-bond donors (Lipinski definition) is 1. The van der Waals surface area contributed by atoms with E-state index in [-0.39, 0.29) is 107 Å². The van der Waals surface area contributed by atoms with Gasteiger partial charge in [-0.1, -0.05) is 151 Å². The average molecular weight is 1180 g/mol. The third-order valence-electron chi connectivity index (χ3n) is 13.1. The Bertz CT molecular complexity index is 2560. The summed E-state index contributed by atoms with van der Waals surface area (Å²) in [4.78, 5) is 88.3. The fourth-order valence-corrected chi connectivity index (χ4v) is 8.49. The Hall–Kier alpha value is -7.68. The van der Waals surface area contributed by atoms with Crippen molar-refractivity contribution in [2.45, 2.75) is 145 Å². The molecule has 5 amide bonds. The highest BCUT2D eigenvalue weighted by Crippen LogP contribution is 2.23. The number of ketones is 2. The fourth-order valence-electron chi connectivity index (χ4n) is 8.49. The minimum atomic E-state index is -1.58. The van der Waals surface area contributed by atoms with Crippen molar-refractivity contribution in [3.63, 3.8) is 0 Å². The Labute approximate surface area is 495 Å². The zero-order chi connectivity index (χ0) is 58.0. The Morgan fingerprint density at radius 2 is 0.857 bits per heavy atom. The number of nitrogens with zero attached hydrogens (tertiary/aromatic N) is 5. The molecule has 3 unspecified atom stereocenters. The highest BCUT2D eigenvalue weighted by atomic mass is 19.1. The molecule has 4 aliphatic rings. The van der Waals surface area contributed by atoms with E-state index < -0.39 is 60.3 Å². The fraction of sp³-hybridized carbons (Fsp3) is 0.508. The van der Waals surface area contributed by atoms with Crippen molar-refractivity contribution in [2.75, 3.05) is 66.5 Å². The van der Waals surface area contributed by atoms with Gasteiger partial charge >= 0.3 is 30.5 Å². The summed E-state index contributed by atoms with van der Waals surface area (Å²) < 4.78 is 67.4. The lowest BCUT2D eigenvalue weighted by Gasteiger charge is -2.38. The highest BCUT2D eigenvalue weighted by Gasteiger charge is 2.38. The molecule has 0 bridgehead atoms. The molecular weight excluding hydrogens is 1090 g/mol. The van der Waals surface area contributed by atoms with Gasteiger partial charge in [-0.15, -0.1) is 0 Å². The van der Waals surface area contributed by atoms with Crippen molar-refractivity contribution >= 4 is 42.0 Å². The van der Waals surface area contributed by atoms with Crippen LogP contribution in [0.1, 0.15) is 105 Å². The van der Waals surface area contributed by atoms with Crippen molar-refractivity contribution in [1.82, 2.24) is 29.8 Å². The number of amides is 5. The van der Waals surface area contributed by atoms with E-state index >= 15 is 0 Å². The molecule has 466 valence electrons. The smallest absolute Gasteiger partial charge is 0.410 e. The minimum Gasteiger partial charge on any atom is -0.445 e. The number of Topliss-reactive ketones (excluding diaryl/α,β-unsaturated/α-hetero) is 2. The zero-order valence-corrected chi connectivity index (χ0v) is 46.2. The molecule has 18 nitrogen and oxygen atoms in total. The topological polar surface area (TPSA) is 194 Å². The van der Waals surface area contributed by atoms with Gasteiger partial charge in [0.05, 0.1) is 25.7 Å². The molecule has 84 heavy (non-hydrogen) atoms. The van der Waals surface area contributed by atoms with Gasteiger partial charge in [0.15, 0.2) is 12.0 Å². The molecule has 1 N–H and O–H groups in total.